The van der Waals surface area contributed by atoms with Crippen LogP contribution in [0.4, 0.5) is 0 Å². The predicted octanol–water partition coefficient (Wildman–Crippen LogP) is 2.13. The van der Waals surface area contributed by atoms with E-state index >= 15 is 0 Å². The molecule has 1 fully saturated rings. The van der Waals surface area contributed by atoms with Gasteiger partial charge < -0.3 is 9.88 Å². The Morgan fingerprint density at radius 2 is 2.30 bits per heavy atom. The molecule has 1 aliphatic heterocycles. The molecule has 7 heteroatoms. The van der Waals surface area contributed by atoms with Crippen molar-refractivity contribution < 1.29 is 4.79 Å². The van der Waals surface area contributed by atoms with Crippen LogP contribution in [0, 0.1) is 6.92 Å². The van der Waals surface area contributed by atoms with Crippen LogP contribution in [0.25, 0.3) is 5.78 Å². The summed E-state index contributed by atoms with van der Waals surface area (Å²) < 4.78 is 1.95. The van der Waals surface area contributed by atoms with Crippen molar-refractivity contribution in [2.75, 3.05) is 6.54 Å². The van der Waals surface area contributed by atoms with Crippen LogP contribution in [-0.2, 0) is 0 Å². The lowest BCUT2D eigenvalue weighted by Gasteiger charge is -2.35. The van der Waals surface area contributed by atoms with E-state index in [1.807, 2.05) is 22.4 Å². The van der Waals surface area contributed by atoms with E-state index in [0.29, 0.717) is 11.5 Å². The van der Waals surface area contributed by atoms with Gasteiger partial charge in [0.05, 0.1) is 24.3 Å². The number of imidazole rings is 2. The van der Waals surface area contributed by atoms with Gasteiger partial charge in [0.15, 0.2) is 0 Å². The molecule has 4 heterocycles. The van der Waals surface area contributed by atoms with Gasteiger partial charge >= 0.3 is 0 Å². The van der Waals surface area contributed by atoms with Gasteiger partial charge in [0.25, 0.3) is 5.91 Å². The van der Waals surface area contributed by atoms with E-state index in [2.05, 4.69) is 26.0 Å². The van der Waals surface area contributed by atoms with Crippen molar-refractivity contribution in [1.82, 2.24) is 29.2 Å². The molecule has 3 aromatic heterocycles. The highest BCUT2D eigenvalue weighted by Crippen LogP contribution is 2.31. The van der Waals surface area contributed by atoms with Crippen molar-refractivity contribution in [3.8, 4) is 0 Å². The monoisotopic (exact) mass is 310 g/mol. The second kappa shape index (κ2) is 5.49. The van der Waals surface area contributed by atoms with Gasteiger partial charge in [-0.15, -0.1) is 0 Å². The largest absolute Gasteiger partial charge is 0.341 e. The minimum Gasteiger partial charge on any atom is -0.341 e. The number of piperidine rings is 1. The Morgan fingerprint density at radius 3 is 3.13 bits per heavy atom. The van der Waals surface area contributed by atoms with Crippen molar-refractivity contribution in [3.05, 3.63) is 48.1 Å². The first-order chi connectivity index (χ1) is 11.2. The quantitative estimate of drug-likeness (QED) is 0.786. The van der Waals surface area contributed by atoms with Crippen LogP contribution in [0.2, 0.25) is 0 Å². The molecule has 0 saturated carbocycles. The van der Waals surface area contributed by atoms with E-state index < -0.39 is 0 Å². The van der Waals surface area contributed by atoms with E-state index in [1.165, 1.54) is 6.33 Å². The molecule has 0 radical (unpaired) electrons. The average Bonchev–Trinajstić information content (AvgIpc) is 3.25. The highest BCUT2D eigenvalue weighted by atomic mass is 16.2. The van der Waals surface area contributed by atoms with Crippen LogP contribution in [0.15, 0.2) is 31.0 Å². The number of aryl methyl sites for hydroxylation is 1. The maximum Gasteiger partial charge on any atom is 0.272 e. The molecular formula is C16H18N6O. The zero-order valence-corrected chi connectivity index (χ0v) is 12.9. The van der Waals surface area contributed by atoms with Crippen LogP contribution >= 0.6 is 0 Å². The molecule has 23 heavy (non-hydrogen) atoms. The predicted molar refractivity (Wildman–Crippen MR) is 83.9 cm³/mol. The fraction of sp³-hybridized carbons (Fsp3) is 0.375. The van der Waals surface area contributed by atoms with Gasteiger partial charge in [-0.2, -0.15) is 0 Å². The smallest absolute Gasteiger partial charge is 0.272 e. The maximum atomic E-state index is 12.7. The number of rotatable bonds is 2. The lowest BCUT2D eigenvalue weighted by atomic mass is 9.98. The molecule has 1 amide bonds. The Balaban J connectivity index is 1.73. The second-order valence-corrected chi connectivity index (χ2v) is 5.90. The van der Waals surface area contributed by atoms with Crippen LogP contribution < -0.4 is 0 Å². The lowest BCUT2D eigenvalue weighted by molar-refractivity contribution is 0.0600. The first kappa shape index (κ1) is 13.9. The van der Waals surface area contributed by atoms with Crippen LogP contribution in [0.3, 0.4) is 0 Å². The number of aromatic amines is 1. The molecule has 0 aliphatic carbocycles. The number of aromatic nitrogens is 5. The number of hydrogen-bond donors (Lipinski definition) is 1. The number of nitrogens with one attached hydrogen (secondary N) is 1. The van der Waals surface area contributed by atoms with Crippen LogP contribution in [-0.4, -0.2) is 41.7 Å². The third-order valence-electron chi connectivity index (χ3n) is 4.42. The number of likely N-dealkylation sites (tertiary alicyclic amines) is 1. The van der Waals surface area contributed by atoms with E-state index in [4.69, 9.17) is 0 Å². The summed E-state index contributed by atoms with van der Waals surface area (Å²) in [6, 6.07) is 2.04. The minimum atomic E-state index is -0.0186. The van der Waals surface area contributed by atoms with Gasteiger partial charge in [0.1, 0.15) is 5.69 Å². The van der Waals surface area contributed by atoms with Gasteiger partial charge in [-0.1, -0.05) is 0 Å². The van der Waals surface area contributed by atoms with Gasteiger partial charge in [0.2, 0.25) is 5.78 Å². The Hall–Kier alpha value is -2.70. The molecule has 0 aromatic carbocycles. The van der Waals surface area contributed by atoms with E-state index in [1.54, 1.807) is 12.4 Å². The number of nitrogens with zero attached hydrogens (tertiary/aromatic N) is 5. The lowest BCUT2D eigenvalue weighted by Crippen LogP contribution is -2.39. The summed E-state index contributed by atoms with van der Waals surface area (Å²) in [7, 11) is 0. The van der Waals surface area contributed by atoms with Crippen LogP contribution in [0.1, 0.15) is 47.2 Å². The molecule has 0 unspecified atom stereocenters. The zero-order valence-electron chi connectivity index (χ0n) is 12.9. The summed E-state index contributed by atoms with van der Waals surface area (Å²) in [6.45, 7) is 2.77. The zero-order chi connectivity index (χ0) is 15.8. The molecule has 118 valence electrons. The summed E-state index contributed by atoms with van der Waals surface area (Å²) >= 11 is 0. The van der Waals surface area contributed by atoms with Gasteiger partial charge in [-0.3, -0.25) is 9.20 Å². The van der Waals surface area contributed by atoms with E-state index in [-0.39, 0.29) is 11.9 Å². The molecule has 0 bridgehead atoms. The molecule has 7 nitrogen and oxygen atoms in total. The topological polar surface area (TPSA) is 79.2 Å². The van der Waals surface area contributed by atoms with E-state index in [9.17, 15) is 4.79 Å². The molecule has 3 aromatic rings. The summed E-state index contributed by atoms with van der Waals surface area (Å²) in [6.07, 6.45) is 9.78. The summed E-state index contributed by atoms with van der Waals surface area (Å²) in [4.78, 5) is 30.5. The Morgan fingerprint density at radius 1 is 1.39 bits per heavy atom. The molecule has 0 spiro atoms. The van der Waals surface area contributed by atoms with Crippen molar-refractivity contribution in [2.45, 2.75) is 32.2 Å². The summed E-state index contributed by atoms with van der Waals surface area (Å²) in [5.74, 6) is 0.661. The molecule has 1 saturated heterocycles. The SMILES string of the molecule is Cc1cc([C@@H]2CCCCN2C(=O)c2cnc[nH]2)nc2nccn12. The Bertz CT molecular complexity index is 838. The molecule has 1 atom stereocenters. The van der Waals surface area contributed by atoms with Gasteiger partial charge in [-0.05, 0) is 32.3 Å². The molecule has 1 aliphatic rings. The number of carbonyl (C=O) groups excluding carboxylic acids is 1. The Kier molecular flexibility index (Phi) is 3.33. The maximum absolute atomic E-state index is 12.7. The van der Waals surface area contributed by atoms with Crippen molar-refractivity contribution in [3.63, 3.8) is 0 Å². The van der Waals surface area contributed by atoms with Crippen molar-refractivity contribution in [1.29, 1.82) is 0 Å². The second-order valence-electron chi connectivity index (χ2n) is 5.90. The Labute approximate surface area is 133 Å². The highest BCUT2D eigenvalue weighted by Gasteiger charge is 2.30. The minimum absolute atomic E-state index is 0.0139. The highest BCUT2D eigenvalue weighted by molar-refractivity contribution is 5.92. The van der Waals surface area contributed by atoms with Crippen LogP contribution in [0.5, 0.6) is 0 Å². The summed E-state index contributed by atoms with van der Waals surface area (Å²) in [5, 5.41) is 0. The number of carbonyl (C=O) groups is 1. The summed E-state index contributed by atoms with van der Waals surface area (Å²) in [5.41, 5.74) is 2.51. The molecular weight excluding hydrogens is 292 g/mol. The molecule has 4 rings (SSSR count). The number of H-pyrrole nitrogens is 1. The van der Waals surface area contributed by atoms with Crippen molar-refractivity contribution >= 4 is 11.7 Å². The normalized spacial score (nSPS) is 18.5. The number of amides is 1. The molecule has 1 N–H and O–H groups in total. The first-order valence-corrected chi connectivity index (χ1v) is 7.84. The number of fused-ring (bicyclic) bond motifs is 1. The third kappa shape index (κ3) is 2.38. The number of hydrogen-bond acceptors (Lipinski definition) is 4. The fourth-order valence-corrected chi connectivity index (χ4v) is 3.27. The average molecular weight is 310 g/mol. The fourth-order valence-electron chi connectivity index (χ4n) is 3.27. The first-order valence-electron chi connectivity index (χ1n) is 7.84. The third-order valence-corrected chi connectivity index (χ3v) is 4.42. The van der Waals surface area contributed by atoms with E-state index in [0.717, 1.165) is 37.2 Å². The van der Waals surface area contributed by atoms with Crippen molar-refractivity contribution in [2.24, 2.45) is 0 Å². The standard InChI is InChI=1S/C16H18N6O/c1-11-8-12(20-16-18-5-7-21(11)16)14-4-2-3-6-22(14)15(23)13-9-17-10-19-13/h5,7-10,14H,2-4,6H2,1H3,(H,17,19)/t14-/m0/s1. The van der Waals surface area contributed by atoms with Gasteiger partial charge in [-0.25, -0.2) is 15.0 Å². The van der Waals surface area contributed by atoms with Gasteiger partial charge in [0, 0.05) is 24.6 Å².